The van der Waals surface area contributed by atoms with Gasteiger partial charge in [-0.1, -0.05) is 0 Å². The van der Waals surface area contributed by atoms with Gasteiger partial charge in [-0.2, -0.15) is 0 Å². The summed E-state index contributed by atoms with van der Waals surface area (Å²) in [4.78, 5) is 17.1. The maximum absolute atomic E-state index is 12.4. The van der Waals surface area contributed by atoms with Gasteiger partial charge in [0.2, 0.25) is 0 Å². The molecule has 2 aromatic heterocycles. The first kappa shape index (κ1) is 18.9. The molecule has 0 bridgehead atoms. The summed E-state index contributed by atoms with van der Waals surface area (Å²) in [6.07, 6.45) is 1.62. The smallest absolute Gasteiger partial charge is 0.276 e. The summed E-state index contributed by atoms with van der Waals surface area (Å²) in [5, 5.41) is 14.0. The third-order valence-electron chi connectivity index (χ3n) is 4.91. The minimum Gasteiger partial charge on any atom is -0.467 e. The number of likely N-dealkylation sites (N-methyl/N-ethyl adjacent to an activating group) is 1. The molecule has 0 spiro atoms. The highest BCUT2D eigenvalue weighted by molar-refractivity contribution is 6.02. The van der Waals surface area contributed by atoms with Crippen molar-refractivity contribution in [3.05, 3.63) is 66.2 Å². The van der Waals surface area contributed by atoms with Crippen molar-refractivity contribution in [1.82, 2.24) is 15.1 Å². The Kier molecular flexibility index (Phi) is 5.71. The van der Waals surface area contributed by atoms with Gasteiger partial charge in [-0.3, -0.25) is 4.79 Å². The van der Waals surface area contributed by atoms with E-state index in [0.717, 1.165) is 37.6 Å². The first-order chi connectivity index (χ1) is 14.2. The molecule has 0 aliphatic carbocycles. The van der Waals surface area contributed by atoms with E-state index in [2.05, 4.69) is 37.7 Å². The molecule has 3 heterocycles. The predicted octanol–water partition coefficient (Wildman–Crippen LogP) is 2.69. The van der Waals surface area contributed by atoms with Crippen molar-refractivity contribution < 1.29 is 9.21 Å². The second kappa shape index (κ2) is 8.74. The summed E-state index contributed by atoms with van der Waals surface area (Å²) in [6, 6.07) is 15.0. The van der Waals surface area contributed by atoms with Gasteiger partial charge in [0.1, 0.15) is 11.6 Å². The zero-order valence-corrected chi connectivity index (χ0v) is 16.3. The molecule has 1 fully saturated rings. The van der Waals surface area contributed by atoms with Crippen LogP contribution in [-0.4, -0.2) is 54.2 Å². The molecule has 0 unspecified atom stereocenters. The monoisotopic (exact) mass is 392 g/mol. The van der Waals surface area contributed by atoms with E-state index in [0.29, 0.717) is 12.4 Å². The fraction of sp³-hybridized carbons (Fsp3) is 0.286. The van der Waals surface area contributed by atoms with Crippen LogP contribution >= 0.6 is 0 Å². The third-order valence-corrected chi connectivity index (χ3v) is 4.91. The van der Waals surface area contributed by atoms with Gasteiger partial charge in [0.15, 0.2) is 5.69 Å². The number of rotatable bonds is 6. The molecule has 4 rings (SSSR count). The fourth-order valence-electron chi connectivity index (χ4n) is 3.15. The Morgan fingerprint density at radius 3 is 2.48 bits per heavy atom. The van der Waals surface area contributed by atoms with Gasteiger partial charge in [-0.25, -0.2) is 0 Å². The number of aromatic nitrogens is 2. The molecule has 1 amide bonds. The fourth-order valence-corrected chi connectivity index (χ4v) is 3.15. The number of benzene rings is 1. The lowest BCUT2D eigenvalue weighted by atomic mass is 10.2. The number of hydrogen-bond donors (Lipinski definition) is 2. The van der Waals surface area contributed by atoms with Crippen LogP contribution in [0.4, 0.5) is 17.2 Å². The number of amides is 1. The summed E-state index contributed by atoms with van der Waals surface area (Å²) in [7, 11) is 2.14. The molecule has 0 radical (unpaired) electrons. The van der Waals surface area contributed by atoms with Crippen LogP contribution in [0.15, 0.2) is 59.2 Å². The Hall–Kier alpha value is -3.39. The molecule has 1 aliphatic heterocycles. The summed E-state index contributed by atoms with van der Waals surface area (Å²) >= 11 is 0. The van der Waals surface area contributed by atoms with Crippen LogP contribution in [0.3, 0.4) is 0 Å². The van der Waals surface area contributed by atoms with Crippen molar-refractivity contribution in [3.63, 3.8) is 0 Å². The summed E-state index contributed by atoms with van der Waals surface area (Å²) in [5.41, 5.74) is 2.16. The van der Waals surface area contributed by atoms with Crippen LogP contribution in [0.2, 0.25) is 0 Å². The first-order valence-corrected chi connectivity index (χ1v) is 9.62. The van der Waals surface area contributed by atoms with E-state index in [1.807, 2.05) is 36.4 Å². The number of piperazine rings is 1. The molecule has 1 saturated heterocycles. The van der Waals surface area contributed by atoms with Gasteiger partial charge in [0.05, 0.1) is 12.8 Å². The molecule has 3 aromatic rings. The van der Waals surface area contributed by atoms with Crippen molar-refractivity contribution in [1.29, 1.82) is 0 Å². The van der Waals surface area contributed by atoms with Gasteiger partial charge < -0.3 is 24.9 Å². The number of furan rings is 1. The second-order valence-corrected chi connectivity index (χ2v) is 7.03. The van der Waals surface area contributed by atoms with Crippen molar-refractivity contribution >= 4 is 23.1 Å². The van der Waals surface area contributed by atoms with Gasteiger partial charge in [0.25, 0.3) is 5.91 Å². The summed E-state index contributed by atoms with van der Waals surface area (Å²) in [5.74, 6) is 1.09. The first-order valence-electron chi connectivity index (χ1n) is 9.62. The zero-order chi connectivity index (χ0) is 20.1. The Labute approximate surface area is 169 Å². The Balaban J connectivity index is 1.31. The minimum atomic E-state index is -0.289. The molecular formula is C21H24N6O2. The van der Waals surface area contributed by atoms with Gasteiger partial charge >= 0.3 is 0 Å². The molecular weight excluding hydrogens is 368 g/mol. The van der Waals surface area contributed by atoms with Crippen LogP contribution in [-0.2, 0) is 6.54 Å². The predicted molar refractivity (Wildman–Crippen MR) is 112 cm³/mol. The third kappa shape index (κ3) is 4.91. The van der Waals surface area contributed by atoms with E-state index in [-0.39, 0.29) is 11.6 Å². The Bertz CT molecular complexity index is 917. The number of carbonyl (C=O) groups excluding carboxylic acids is 1. The summed E-state index contributed by atoms with van der Waals surface area (Å²) in [6.45, 7) is 4.65. The molecule has 0 saturated carbocycles. The molecule has 29 heavy (non-hydrogen) atoms. The number of carbonyl (C=O) groups is 1. The lowest BCUT2D eigenvalue weighted by molar-refractivity contribution is 0.102. The van der Waals surface area contributed by atoms with Crippen molar-refractivity contribution in [3.8, 4) is 0 Å². The van der Waals surface area contributed by atoms with E-state index in [1.165, 1.54) is 5.69 Å². The van der Waals surface area contributed by atoms with Gasteiger partial charge in [0, 0.05) is 37.6 Å². The molecule has 2 N–H and O–H groups in total. The summed E-state index contributed by atoms with van der Waals surface area (Å²) < 4.78 is 5.26. The largest absolute Gasteiger partial charge is 0.467 e. The average Bonchev–Trinajstić information content (AvgIpc) is 3.27. The number of nitrogens with zero attached hydrogens (tertiary/aromatic N) is 4. The maximum Gasteiger partial charge on any atom is 0.276 e. The topological polar surface area (TPSA) is 86.5 Å². The molecule has 1 aromatic carbocycles. The highest BCUT2D eigenvalue weighted by Gasteiger charge is 2.14. The molecule has 8 nitrogen and oxygen atoms in total. The normalized spacial score (nSPS) is 14.6. The van der Waals surface area contributed by atoms with Gasteiger partial charge in [-0.15, -0.1) is 10.2 Å². The van der Waals surface area contributed by atoms with Crippen molar-refractivity contribution in [2.24, 2.45) is 0 Å². The van der Waals surface area contributed by atoms with E-state index in [4.69, 9.17) is 4.42 Å². The van der Waals surface area contributed by atoms with Crippen molar-refractivity contribution in [2.75, 3.05) is 48.8 Å². The number of hydrogen-bond acceptors (Lipinski definition) is 7. The maximum atomic E-state index is 12.4. The highest BCUT2D eigenvalue weighted by atomic mass is 16.3. The van der Waals surface area contributed by atoms with Crippen LogP contribution in [0.25, 0.3) is 0 Å². The van der Waals surface area contributed by atoms with Crippen LogP contribution in [0.1, 0.15) is 16.2 Å². The van der Waals surface area contributed by atoms with Crippen LogP contribution in [0.5, 0.6) is 0 Å². The van der Waals surface area contributed by atoms with E-state index < -0.39 is 0 Å². The SMILES string of the molecule is CN1CCN(c2ccc(NC(=O)c3ccc(NCc4ccco4)nn3)cc2)CC1. The molecule has 150 valence electrons. The quantitative estimate of drug-likeness (QED) is 0.667. The molecule has 8 heteroatoms. The van der Waals surface area contributed by atoms with Gasteiger partial charge in [-0.05, 0) is 55.6 Å². The number of nitrogens with one attached hydrogen (secondary N) is 2. The van der Waals surface area contributed by atoms with E-state index in [1.54, 1.807) is 18.4 Å². The van der Waals surface area contributed by atoms with E-state index >= 15 is 0 Å². The molecule has 0 atom stereocenters. The van der Waals surface area contributed by atoms with Crippen LogP contribution in [0, 0.1) is 0 Å². The number of anilines is 3. The van der Waals surface area contributed by atoms with E-state index in [9.17, 15) is 4.79 Å². The van der Waals surface area contributed by atoms with Crippen molar-refractivity contribution in [2.45, 2.75) is 6.54 Å². The second-order valence-electron chi connectivity index (χ2n) is 7.03. The zero-order valence-electron chi connectivity index (χ0n) is 16.3. The lowest BCUT2D eigenvalue weighted by Gasteiger charge is -2.34. The lowest BCUT2D eigenvalue weighted by Crippen LogP contribution is -2.44. The molecule has 1 aliphatic rings. The Morgan fingerprint density at radius 1 is 1.03 bits per heavy atom. The standard InChI is InChI=1S/C21H24N6O2/c1-26-10-12-27(13-11-26)17-6-4-16(5-7-17)23-21(28)19-8-9-20(25-24-19)22-15-18-3-2-14-29-18/h2-9,14H,10-13,15H2,1H3,(H,22,25)(H,23,28). The van der Waals surface area contributed by atoms with Crippen LogP contribution < -0.4 is 15.5 Å². The highest BCUT2D eigenvalue weighted by Crippen LogP contribution is 2.19. The average molecular weight is 392 g/mol. The minimum absolute atomic E-state index is 0.261. The Morgan fingerprint density at radius 2 is 1.83 bits per heavy atom.